The Hall–Kier alpha value is -4.34. The van der Waals surface area contributed by atoms with Gasteiger partial charge in [-0.1, -0.05) is 36.4 Å². The lowest BCUT2D eigenvalue weighted by atomic mass is 9.96. The summed E-state index contributed by atoms with van der Waals surface area (Å²) < 4.78 is 54.8. The Morgan fingerprint density at radius 3 is 2.26 bits per heavy atom. The number of ether oxygens (including phenoxy) is 1. The zero-order valence-electron chi connectivity index (χ0n) is 17.9. The number of benzene rings is 3. The van der Waals surface area contributed by atoms with Gasteiger partial charge in [-0.15, -0.1) is 13.2 Å². The smallest absolute Gasteiger partial charge is 0.403 e. The van der Waals surface area contributed by atoms with Crippen LogP contribution in [0.4, 0.5) is 17.6 Å². The predicted molar refractivity (Wildman–Crippen MR) is 120 cm³/mol. The number of hydrogen-bond acceptors (Lipinski definition) is 5. The first-order valence-corrected chi connectivity index (χ1v) is 10.5. The largest absolute Gasteiger partial charge is 0.573 e. The first-order chi connectivity index (χ1) is 16.8. The van der Waals surface area contributed by atoms with Crippen LogP contribution in [0.1, 0.15) is 23.6 Å². The van der Waals surface area contributed by atoms with Crippen molar-refractivity contribution in [2.75, 3.05) is 0 Å². The molecule has 3 aromatic carbocycles. The molecule has 1 aliphatic rings. The van der Waals surface area contributed by atoms with Gasteiger partial charge in [0.25, 0.3) is 0 Å². The summed E-state index contributed by atoms with van der Waals surface area (Å²) in [5.74, 6) is -2.01. The molecular weight excluding hydrogens is 464 g/mol. The third kappa shape index (κ3) is 4.68. The van der Waals surface area contributed by atoms with Gasteiger partial charge in [-0.3, -0.25) is 14.8 Å². The van der Waals surface area contributed by atoms with Crippen LogP contribution in [0, 0.1) is 5.82 Å². The molecule has 10 heteroatoms. The van der Waals surface area contributed by atoms with E-state index in [0.717, 1.165) is 28.8 Å². The van der Waals surface area contributed by atoms with Crippen molar-refractivity contribution in [3.63, 3.8) is 0 Å². The zero-order chi connectivity index (χ0) is 24.6. The van der Waals surface area contributed by atoms with Crippen molar-refractivity contribution in [2.24, 2.45) is 5.10 Å². The van der Waals surface area contributed by atoms with Gasteiger partial charge in [0.2, 0.25) is 6.41 Å². The second kappa shape index (κ2) is 8.79. The lowest BCUT2D eigenvalue weighted by Crippen LogP contribution is -2.17. The van der Waals surface area contributed by atoms with Crippen LogP contribution in [-0.2, 0) is 4.79 Å². The van der Waals surface area contributed by atoms with E-state index >= 15 is 0 Å². The van der Waals surface area contributed by atoms with E-state index in [-0.39, 0.29) is 6.04 Å². The van der Waals surface area contributed by atoms with Gasteiger partial charge < -0.3 is 4.74 Å². The molecule has 2 heterocycles. The third-order valence-electron chi connectivity index (χ3n) is 5.64. The second-order valence-electron chi connectivity index (χ2n) is 7.83. The summed E-state index contributed by atoms with van der Waals surface area (Å²) in [5.41, 5.74) is 4.78. The summed E-state index contributed by atoms with van der Waals surface area (Å²) in [4.78, 5) is 20.3. The van der Waals surface area contributed by atoms with Gasteiger partial charge in [-0.25, -0.2) is 9.40 Å². The number of fused-ring (bicyclic) bond motifs is 1. The molecule has 0 N–H and O–H groups in total. The average molecular weight is 480 g/mol. The fraction of sp³-hybridized carbons (Fsp3) is 0.120. The first kappa shape index (κ1) is 22.5. The first-order valence-electron chi connectivity index (χ1n) is 10.5. The minimum Gasteiger partial charge on any atom is -0.403 e. The summed E-state index contributed by atoms with van der Waals surface area (Å²) >= 11 is 0. The number of aromatic nitrogens is 2. The van der Waals surface area contributed by atoms with Crippen molar-refractivity contribution in [1.82, 2.24) is 15.0 Å². The van der Waals surface area contributed by atoms with E-state index < -0.39 is 17.9 Å². The van der Waals surface area contributed by atoms with E-state index in [9.17, 15) is 22.4 Å². The highest BCUT2D eigenvalue weighted by Gasteiger charge is 2.32. The standard InChI is InChI=1S/C25H16F4N4O2/c26-19-11-17(6-8-24(19)35-25(27,28)29)15-1-3-16(4-2-15)21-13-23(33(14-34)32-21)18-5-7-20-22(12-18)31-10-9-30-20/h1-12,14,23H,13H2. The molecular formula is C25H16F4N4O2. The molecule has 0 saturated heterocycles. The number of alkyl halides is 3. The van der Waals surface area contributed by atoms with Crippen LogP contribution in [0.3, 0.4) is 0 Å². The van der Waals surface area contributed by atoms with E-state index in [2.05, 4.69) is 19.8 Å². The van der Waals surface area contributed by atoms with Gasteiger partial charge >= 0.3 is 6.36 Å². The highest BCUT2D eigenvalue weighted by atomic mass is 19.4. The minimum atomic E-state index is -4.97. The number of carbonyl (C=O) groups is 1. The Morgan fingerprint density at radius 1 is 0.886 bits per heavy atom. The number of halogens is 4. The number of amides is 1. The van der Waals surface area contributed by atoms with Crippen LogP contribution < -0.4 is 4.74 Å². The molecule has 1 amide bonds. The molecule has 1 aliphatic heterocycles. The number of hydrogen-bond donors (Lipinski definition) is 0. The molecule has 4 aromatic rings. The number of nitrogens with zero attached hydrogens (tertiary/aromatic N) is 4. The molecule has 6 nitrogen and oxygen atoms in total. The SMILES string of the molecule is O=CN1N=C(c2ccc(-c3ccc(OC(F)(F)F)c(F)c3)cc2)CC1c1ccc2nccnc2c1. The van der Waals surface area contributed by atoms with Crippen molar-refractivity contribution < 1.29 is 27.1 Å². The normalized spacial score (nSPS) is 15.8. The molecule has 0 bridgehead atoms. The number of rotatable bonds is 5. The van der Waals surface area contributed by atoms with E-state index in [1.807, 2.05) is 18.2 Å². The van der Waals surface area contributed by atoms with E-state index in [1.165, 1.54) is 11.1 Å². The summed E-state index contributed by atoms with van der Waals surface area (Å²) in [7, 11) is 0. The van der Waals surface area contributed by atoms with Crippen LogP contribution in [0.5, 0.6) is 5.75 Å². The molecule has 1 unspecified atom stereocenters. The maximum Gasteiger partial charge on any atom is 0.573 e. The molecule has 0 saturated carbocycles. The van der Waals surface area contributed by atoms with Crippen molar-refractivity contribution in [3.05, 3.63) is 90.0 Å². The van der Waals surface area contributed by atoms with Crippen molar-refractivity contribution in [3.8, 4) is 16.9 Å². The molecule has 0 radical (unpaired) electrons. The Balaban J connectivity index is 1.36. The Bertz CT molecular complexity index is 1440. The monoisotopic (exact) mass is 480 g/mol. The van der Waals surface area contributed by atoms with Gasteiger partial charge in [0, 0.05) is 18.8 Å². The van der Waals surface area contributed by atoms with Crippen molar-refractivity contribution >= 4 is 23.2 Å². The predicted octanol–water partition coefficient (Wildman–Crippen LogP) is 5.64. The Kier molecular flexibility index (Phi) is 5.64. The minimum absolute atomic E-state index is 0.302. The van der Waals surface area contributed by atoms with E-state index in [0.29, 0.717) is 35.2 Å². The summed E-state index contributed by atoms with van der Waals surface area (Å²) in [6, 6.07) is 15.5. The molecule has 35 heavy (non-hydrogen) atoms. The van der Waals surface area contributed by atoms with Crippen LogP contribution >= 0.6 is 0 Å². The van der Waals surface area contributed by atoms with Gasteiger partial charge in [0.15, 0.2) is 11.6 Å². The summed E-state index contributed by atoms with van der Waals surface area (Å²) in [5, 5.41) is 5.80. The lowest BCUT2D eigenvalue weighted by molar-refractivity contribution is -0.275. The van der Waals surface area contributed by atoms with Crippen LogP contribution in [-0.4, -0.2) is 33.5 Å². The number of carbonyl (C=O) groups excluding carboxylic acids is 1. The highest BCUT2D eigenvalue weighted by Crippen LogP contribution is 2.34. The van der Waals surface area contributed by atoms with Crippen molar-refractivity contribution in [1.29, 1.82) is 0 Å². The molecule has 1 aromatic heterocycles. The summed E-state index contributed by atoms with van der Waals surface area (Å²) in [6.07, 6.45) is -0.620. The quantitative estimate of drug-likeness (QED) is 0.274. The maximum absolute atomic E-state index is 14.1. The number of hydrazone groups is 1. The van der Waals surface area contributed by atoms with E-state index in [1.54, 1.807) is 36.7 Å². The Morgan fingerprint density at radius 2 is 1.57 bits per heavy atom. The lowest BCUT2D eigenvalue weighted by Gasteiger charge is -2.17. The fourth-order valence-electron chi connectivity index (χ4n) is 4.00. The highest BCUT2D eigenvalue weighted by molar-refractivity contribution is 6.02. The van der Waals surface area contributed by atoms with Gasteiger partial charge in [-0.05, 0) is 46.5 Å². The van der Waals surface area contributed by atoms with Crippen molar-refractivity contribution in [2.45, 2.75) is 18.8 Å². The van der Waals surface area contributed by atoms with Gasteiger partial charge in [-0.2, -0.15) is 5.10 Å². The van der Waals surface area contributed by atoms with Gasteiger partial charge in [0.1, 0.15) is 0 Å². The topological polar surface area (TPSA) is 67.7 Å². The third-order valence-corrected chi connectivity index (χ3v) is 5.64. The van der Waals surface area contributed by atoms with Gasteiger partial charge in [0.05, 0.1) is 22.8 Å². The molecule has 0 spiro atoms. The van der Waals surface area contributed by atoms with E-state index in [4.69, 9.17) is 0 Å². The molecule has 5 rings (SSSR count). The molecule has 176 valence electrons. The maximum atomic E-state index is 14.1. The second-order valence-corrected chi connectivity index (χ2v) is 7.83. The Labute approximate surface area is 196 Å². The molecule has 0 aliphatic carbocycles. The van der Waals surface area contributed by atoms with Crippen LogP contribution in [0.15, 0.2) is 78.2 Å². The van der Waals surface area contributed by atoms with Crippen LogP contribution in [0.2, 0.25) is 0 Å². The molecule has 1 atom stereocenters. The van der Waals surface area contributed by atoms with Crippen LogP contribution in [0.25, 0.3) is 22.2 Å². The fourth-order valence-corrected chi connectivity index (χ4v) is 4.00. The average Bonchev–Trinajstić information content (AvgIpc) is 3.29. The molecule has 0 fully saturated rings. The summed E-state index contributed by atoms with van der Waals surface area (Å²) in [6.45, 7) is 0. The zero-order valence-corrected chi connectivity index (χ0v) is 17.9.